The third-order valence-electron chi connectivity index (χ3n) is 6.22. The zero-order valence-electron chi connectivity index (χ0n) is 16.1. The average Bonchev–Trinajstić information content (AvgIpc) is 3.51. The highest BCUT2D eigenvalue weighted by Crippen LogP contribution is 2.52. The number of nitrogens with one attached hydrogen (secondary N) is 1. The fourth-order valence-electron chi connectivity index (χ4n) is 4.95. The van der Waals surface area contributed by atoms with Crippen LogP contribution in [0.5, 0.6) is 11.5 Å². The van der Waals surface area contributed by atoms with Crippen LogP contribution in [0.15, 0.2) is 53.2 Å². The molecule has 1 aromatic heterocycles. The van der Waals surface area contributed by atoms with Crippen molar-refractivity contribution < 1.29 is 28.2 Å². The summed E-state index contributed by atoms with van der Waals surface area (Å²) in [7, 11) is 0. The Morgan fingerprint density at radius 3 is 2.90 bits per heavy atom. The Labute approximate surface area is 172 Å². The monoisotopic (exact) mass is 408 g/mol. The van der Waals surface area contributed by atoms with E-state index < -0.39 is 23.5 Å². The topological polar surface area (TPSA) is 90.2 Å². The first kappa shape index (κ1) is 17.6. The number of fused-ring (bicyclic) bond motifs is 2. The summed E-state index contributed by atoms with van der Waals surface area (Å²) < 4.78 is 22.7. The van der Waals surface area contributed by atoms with Gasteiger partial charge in [-0.3, -0.25) is 9.59 Å². The van der Waals surface area contributed by atoms with E-state index in [1.807, 2.05) is 18.2 Å². The second-order valence-corrected chi connectivity index (χ2v) is 8.02. The predicted octanol–water partition coefficient (Wildman–Crippen LogP) is 1.97. The van der Waals surface area contributed by atoms with Crippen LogP contribution in [-0.2, 0) is 20.9 Å². The van der Waals surface area contributed by atoms with Gasteiger partial charge in [0.2, 0.25) is 11.8 Å². The maximum absolute atomic E-state index is 13.2. The summed E-state index contributed by atoms with van der Waals surface area (Å²) in [6.07, 6.45) is 5.02. The number of carbonyl (C=O) groups is 2. The first-order valence-electron chi connectivity index (χ1n) is 10.0. The van der Waals surface area contributed by atoms with Crippen molar-refractivity contribution in [2.75, 3.05) is 25.1 Å². The Balaban J connectivity index is 1.23. The van der Waals surface area contributed by atoms with Crippen molar-refractivity contribution in [3.8, 4) is 11.5 Å². The maximum atomic E-state index is 13.2. The van der Waals surface area contributed by atoms with Gasteiger partial charge in [0.25, 0.3) is 0 Å². The molecule has 2 saturated heterocycles. The second-order valence-electron chi connectivity index (χ2n) is 8.02. The molecule has 1 aromatic carbocycles. The van der Waals surface area contributed by atoms with Gasteiger partial charge >= 0.3 is 0 Å². The molecule has 30 heavy (non-hydrogen) atoms. The number of carbonyl (C=O) groups excluding carboxylic acids is 2. The summed E-state index contributed by atoms with van der Waals surface area (Å²) >= 11 is 0. The smallest absolute Gasteiger partial charge is 0.231 e. The molecule has 4 aliphatic rings. The molecule has 2 fully saturated rings. The van der Waals surface area contributed by atoms with E-state index in [9.17, 15) is 9.59 Å². The van der Waals surface area contributed by atoms with E-state index in [2.05, 4.69) is 5.32 Å². The van der Waals surface area contributed by atoms with Crippen LogP contribution in [-0.4, -0.2) is 48.2 Å². The largest absolute Gasteiger partial charge is 0.486 e. The highest BCUT2D eigenvalue weighted by Gasteiger charge is 2.66. The quantitative estimate of drug-likeness (QED) is 0.778. The SMILES string of the molecule is O=C(Nc1ccc2c(c1)OCCO2)[C@H]1[C@H]2C(=O)N(Cc3ccco3)C[C@@]23C=C[C@H]1O3. The van der Waals surface area contributed by atoms with Crippen molar-refractivity contribution in [2.24, 2.45) is 11.8 Å². The lowest BCUT2D eigenvalue weighted by molar-refractivity contribution is -0.136. The molecule has 8 heteroatoms. The number of anilines is 1. The second kappa shape index (κ2) is 6.37. The van der Waals surface area contributed by atoms with Gasteiger partial charge in [-0.15, -0.1) is 0 Å². The summed E-state index contributed by atoms with van der Waals surface area (Å²) in [4.78, 5) is 28.1. The zero-order chi connectivity index (χ0) is 20.3. The van der Waals surface area contributed by atoms with Gasteiger partial charge in [0, 0.05) is 11.8 Å². The molecule has 1 N–H and O–H groups in total. The van der Waals surface area contributed by atoms with Crippen molar-refractivity contribution in [3.05, 3.63) is 54.5 Å². The van der Waals surface area contributed by atoms with Crippen molar-refractivity contribution in [1.82, 2.24) is 4.90 Å². The van der Waals surface area contributed by atoms with E-state index >= 15 is 0 Å². The number of likely N-dealkylation sites (tertiary alicyclic amines) is 1. The van der Waals surface area contributed by atoms with Gasteiger partial charge in [0.05, 0.1) is 37.3 Å². The Hall–Kier alpha value is -3.26. The van der Waals surface area contributed by atoms with E-state index in [1.54, 1.807) is 35.4 Å². The number of benzene rings is 1. The van der Waals surface area contributed by atoms with Crippen LogP contribution >= 0.6 is 0 Å². The number of hydrogen-bond donors (Lipinski definition) is 1. The van der Waals surface area contributed by atoms with Crippen molar-refractivity contribution in [3.63, 3.8) is 0 Å². The van der Waals surface area contributed by atoms with Crippen LogP contribution < -0.4 is 14.8 Å². The predicted molar refractivity (Wildman–Crippen MR) is 104 cm³/mol. The maximum Gasteiger partial charge on any atom is 0.231 e. The zero-order valence-corrected chi connectivity index (χ0v) is 16.1. The molecule has 2 amide bonds. The normalized spacial score (nSPS) is 30.6. The molecule has 4 aliphatic heterocycles. The summed E-state index contributed by atoms with van der Waals surface area (Å²) in [5.74, 6) is 0.513. The number of nitrogens with zero attached hydrogens (tertiary/aromatic N) is 1. The molecular formula is C22H20N2O6. The van der Waals surface area contributed by atoms with Crippen LogP contribution in [0.2, 0.25) is 0 Å². The Morgan fingerprint density at radius 1 is 1.20 bits per heavy atom. The minimum atomic E-state index is -0.747. The highest BCUT2D eigenvalue weighted by molar-refractivity contribution is 5.99. The lowest BCUT2D eigenvalue weighted by atomic mass is 9.77. The van der Waals surface area contributed by atoms with Crippen LogP contribution in [0.25, 0.3) is 0 Å². The molecule has 1 spiro atoms. The Morgan fingerprint density at radius 2 is 2.07 bits per heavy atom. The molecule has 154 valence electrons. The van der Waals surface area contributed by atoms with Crippen LogP contribution in [0.1, 0.15) is 5.76 Å². The Kier molecular flexibility index (Phi) is 3.73. The molecule has 0 unspecified atom stereocenters. The minimum absolute atomic E-state index is 0.0828. The van der Waals surface area contributed by atoms with Gasteiger partial charge in [-0.2, -0.15) is 0 Å². The number of hydrogen-bond acceptors (Lipinski definition) is 6. The fourth-order valence-corrected chi connectivity index (χ4v) is 4.95. The summed E-state index contributed by atoms with van der Waals surface area (Å²) in [5, 5.41) is 2.93. The Bertz CT molecular complexity index is 1050. The lowest BCUT2D eigenvalue weighted by Gasteiger charge is -2.24. The van der Waals surface area contributed by atoms with Crippen LogP contribution in [0.4, 0.5) is 5.69 Å². The third kappa shape index (κ3) is 2.56. The first-order chi connectivity index (χ1) is 14.6. The van der Waals surface area contributed by atoms with Gasteiger partial charge in [-0.1, -0.05) is 12.2 Å². The molecule has 0 saturated carbocycles. The molecule has 2 bridgehead atoms. The van der Waals surface area contributed by atoms with Gasteiger partial charge < -0.3 is 28.8 Å². The molecular weight excluding hydrogens is 388 g/mol. The number of ether oxygens (including phenoxy) is 3. The average molecular weight is 408 g/mol. The standard InChI is InChI=1S/C22H20N2O6/c25-20(23-13-3-4-15-17(10-13)29-9-8-28-15)18-16-5-6-22(30-16)12-24(21(26)19(18)22)11-14-2-1-7-27-14/h1-7,10,16,18-19H,8-9,11-12H2,(H,23,25)/t16-,18-,19+,22+/m1/s1. The van der Waals surface area contributed by atoms with E-state index in [0.29, 0.717) is 49.2 Å². The highest BCUT2D eigenvalue weighted by atomic mass is 16.6. The molecule has 2 aromatic rings. The van der Waals surface area contributed by atoms with Gasteiger partial charge in [0.1, 0.15) is 24.6 Å². The summed E-state index contributed by atoms with van der Waals surface area (Å²) in [6, 6.07) is 8.91. The van der Waals surface area contributed by atoms with Gasteiger partial charge in [-0.25, -0.2) is 0 Å². The first-order valence-corrected chi connectivity index (χ1v) is 10.0. The summed E-state index contributed by atoms with van der Waals surface area (Å²) in [5.41, 5.74) is -0.147. The number of amides is 2. The van der Waals surface area contributed by atoms with Crippen molar-refractivity contribution in [2.45, 2.75) is 18.2 Å². The summed E-state index contributed by atoms with van der Waals surface area (Å²) in [6.45, 7) is 1.76. The molecule has 8 nitrogen and oxygen atoms in total. The van der Waals surface area contributed by atoms with Gasteiger partial charge in [0.15, 0.2) is 11.5 Å². The molecule has 0 radical (unpaired) electrons. The lowest BCUT2D eigenvalue weighted by Crippen LogP contribution is -2.41. The molecule has 5 heterocycles. The van der Waals surface area contributed by atoms with Crippen molar-refractivity contribution in [1.29, 1.82) is 0 Å². The molecule has 6 rings (SSSR count). The van der Waals surface area contributed by atoms with Gasteiger partial charge in [-0.05, 0) is 24.3 Å². The third-order valence-corrected chi connectivity index (χ3v) is 6.22. The van der Waals surface area contributed by atoms with Crippen molar-refractivity contribution >= 4 is 17.5 Å². The molecule has 0 aliphatic carbocycles. The van der Waals surface area contributed by atoms with Crippen LogP contribution in [0, 0.1) is 11.8 Å². The van der Waals surface area contributed by atoms with E-state index in [0.717, 1.165) is 0 Å². The number of rotatable bonds is 4. The fraction of sp³-hybridized carbons (Fsp3) is 0.364. The minimum Gasteiger partial charge on any atom is -0.486 e. The molecule has 4 atom stereocenters. The van der Waals surface area contributed by atoms with E-state index in [1.165, 1.54) is 0 Å². The van der Waals surface area contributed by atoms with E-state index in [4.69, 9.17) is 18.6 Å². The van der Waals surface area contributed by atoms with Crippen LogP contribution in [0.3, 0.4) is 0 Å². The number of furan rings is 1. The van der Waals surface area contributed by atoms with E-state index in [-0.39, 0.29) is 11.8 Å².